The molecule has 3 aromatic rings. The zero-order valence-corrected chi connectivity index (χ0v) is 15.9. The van der Waals surface area contributed by atoms with E-state index in [9.17, 15) is 22.0 Å². The third-order valence-electron chi connectivity index (χ3n) is 3.94. The Bertz CT molecular complexity index is 982. The third kappa shape index (κ3) is 5.53. The number of aromatic nitrogens is 3. The van der Waals surface area contributed by atoms with Crippen molar-refractivity contribution in [3.63, 3.8) is 0 Å². The number of rotatable bonds is 7. The smallest absolute Gasteiger partial charge is 0.417 e. The Morgan fingerprint density at radius 1 is 1.00 bits per heavy atom. The molecule has 0 amide bonds. The van der Waals surface area contributed by atoms with E-state index in [4.69, 9.17) is 16.3 Å². The summed E-state index contributed by atoms with van der Waals surface area (Å²) in [4.78, 5) is 11.0. The lowest BCUT2D eigenvalue weighted by atomic mass is 10.1. The van der Waals surface area contributed by atoms with Gasteiger partial charge in [0.2, 0.25) is 5.88 Å². The summed E-state index contributed by atoms with van der Waals surface area (Å²) in [5, 5.41) is 2.66. The number of pyridine rings is 1. The van der Waals surface area contributed by atoms with Crippen LogP contribution in [-0.4, -0.2) is 21.5 Å². The molecule has 0 radical (unpaired) electrons. The fourth-order valence-electron chi connectivity index (χ4n) is 2.44. The summed E-state index contributed by atoms with van der Waals surface area (Å²) in [5.41, 5.74) is -0.496. The van der Waals surface area contributed by atoms with Crippen molar-refractivity contribution >= 4 is 17.4 Å². The number of benzene rings is 1. The van der Waals surface area contributed by atoms with E-state index in [0.29, 0.717) is 24.9 Å². The van der Waals surface area contributed by atoms with E-state index in [1.165, 1.54) is 0 Å². The van der Waals surface area contributed by atoms with Gasteiger partial charge in [0.05, 0.1) is 5.56 Å². The molecule has 2 heterocycles. The van der Waals surface area contributed by atoms with Gasteiger partial charge in [-0.3, -0.25) is 0 Å². The van der Waals surface area contributed by atoms with Gasteiger partial charge in [0.1, 0.15) is 28.6 Å². The van der Waals surface area contributed by atoms with E-state index < -0.39 is 23.9 Å². The predicted octanol–water partition coefficient (Wildman–Crippen LogP) is 5.93. The minimum atomic E-state index is -4.46. The van der Waals surface area contributed by atoms with E-state index >= 15 is 0 Å². The molecule has 158 valence electrons. The first kappa shape index (κ1) is 21.7. The van der Waals surface area contributed by atoms with Crippen LogP contribution in [0.25, 0.3) is 0 Å². The highest BCUT2D eigenvalue weighted by Crippen LogP contribution is 2.30. The summed E-state index contributed by atoms with van der Waals surface area (Å²) in [5.74, 6) is 0.556. The van der Waals surface area contributed by atoms with Crippen molar-refractivity contribution in [2.45, 2.75) is 19.0 Å². The van der Waals surface area contributed by atoms with Crippen LogP contribution in [0.3, 0.4) is 0 Å². The van der Waals surface area contributed by atoms with Crippen molar-refractivity contribution in [1.82, 2.24) is 15.0 Å². The van der Waals surface area contributed by atoms with Gasteiger partial charge in [-0.25, -0.2) is 23.7 Å². The van der Waals surface area contributed by atoms with Gasteiger partial charge >= 0.3 is 6.18 Å². The zero-order valence-electron chi connectivity index (χ0n) is 15.1. The maximum atomic E-state index is 12.8. The molecule has 30 heavy (non-hydrogen) atoms. The normalized spacial score (nSPS) is 11.6. The van der Waals surface area contributed by atoms with Gasteiger partial charge in [0, 0.05) is 18.8 Å². The average Bonchev–Trinajstić information content (AvgIpc) is 2.70. The van der Waals surface area contributed by atoms with E-state index in [2.05, 4.69) is 20.3 Å². The quantitative estimate of drug-likeness (QED) is 0.458. The minimum Gasteiger partial charge on any atom is -0.439 e. The molecule has 0 aliphatic heterocycles. The Kier molecular flexibility index (Phi) is 6.66. The largest absolute Gasteiger partial charge is 0.439 e. The van der Waals surface area contributed by atoms with Gasteiger partial charge in [0.25, 0.3) is 6.43 Å². The fourth-order valence-corrected chi connectivity index (χ4v) is 2.68. The van der Waals surface area contributed by atoms with Crippen LogP contribution in [0.1, 0.15) is 23.2 Å². The number of hydrogen-bond acceptors (Lipinski definition) is 5. The van der Waals surface area contributed by atoms with Crippen LogP contribution >= 0.6 is 11.6 Å². The first-order chi connectivity index (χ1) is 14.2. The number of hydrogen-bond donors (Lipinski definition) is 1. The number of nitrogens with one attached hydrogen (secondary N) is 1. The van der Waals surface area contributed by atoms with E-state index in [1.54, 1.807) is 24.3 Å². The highest BCUT2D eigenvalue weighted by atomic mass is 35.5. The molecule has 0 saturated heterocycles. The van der Waals surface area contributed by atoms with Gasteiger partial charge in [-0.2, -0.15) is 13.2 Å². The number of halogens is 6. The SMILES string of the molecule is FC(F)c1ncnc(NCCc2ccc(Oc3ccc(C(F)(F)F)cn3)cc2)c1Cl. The molecule has 0 unspecified atom stereocenters. The summed E-state index contributed by atoms with van der Waals surface area (Å²) in [6.07, 6.45) is -5.02. The van der Waals surface area contributed by atoms with Crippen LogP contribution in [0.4, 0.5) is 27.8 Å². The molecule has 2 aromatic heterocycles. The van der Waals surface area contributed by atoms with Crippen LogP contribution < -0.4 is 10.1 Å². The minimum absolute atomic E-state index is 0.0330. The van der Waals surface area contributed by atoms with Crippen molar-refractivity contribution in [2.24, 2.45) is 0 Å². The Hall–Kier alpha value is -3.01. The average molecular weight is 445 g/mol. The van der Waals surface area contributed by atoms with Crippen molar-refractivity contribution in [3.05, 3.63) is 70.8 Å². The molecule has 0 saturated carbocycles. The molecule has 1 aromatic carbocycles. The lowest BCUT2D eigenvalue weighted by Crippen LogP contribution is -2.08. The standard InChI is InChI=1S/C19H14ClF5N4O/c20-15-16(17(21)22)28-10-29-18(15)26-8-7-11-1-4-13(5-2-11)30-14-6-3-12(9-27-14)19(23,24)25/h1-6,9-10,17H,7-8H2,(H,26,28,29). The van der Waals surface area contributed by atoms with Crippen LogP contribution in [0, 0.1) is 0 Å². The topological polar surface area (TPSA) is 59.9 Å². The van der Waals surface area contributed by atoms with Crippen LogP contribution in [0.5, 0.6) is 11.6 Å². The third-order valence-corrected chi connectivity index (χ3v) is 4.31. The van der Waals surface area contributed by atoms with Gasteiger partial charge in [0.15, 0.2) is 0 Å². The molecule has 0 aliphatic rings. The van der Waals surface area contributed by atoms with Gasteiger partial charge in [-0.05, 0) is 30.2 Å². The summed E-state index contributed by atoms with van der Waals surface area (Å²) >= 11 is 5.87. The second kappa shape index (κ2) is 9.21. The van der Waals surface area contributed by atoms with Crippen LogP contribution in [0.15, 0.2) is 48.9 Å². The van der Waals surface area contributed by atoms with Crippen LogP contribution in [0.2, 0.25) is 5.02 Å². The highest BCUT2D eigenvalue weighted by Gasteiger charge is 2.30. The zero-order chi connectivity index (χ0) is 21.7. The number of ether oxygens (including phenoxy) is 1. The van der Waals surface area contributed by atoms with Crippen LogP contribution in [-0.2, 0) is 12.6 Å². The van der Waals surface area contributed by atoms with Crippen molar-refractivity contribution < 1.29 is 26.7 Å². The fraction of sp³-hybridized carbons (Fsp3) is 0.211. The molecule has 0 fully saturated rings. The molecule has 11 heteroatoms. The van der Waals surface area contributed by atoms with Gasteiger partial charge in [-0.1, -0.05) is 23.7 Å². The lowest BCUT2D eigenvalue weighted by Gasteiger charge is -2.10. The summed E-state index contributed by atoms with van der Waals surface area (Å²) in [6.45, 7) is 0.375. The molecule has 0 spiro atoms. The Morgan fingerprint density at radius 3 is 2.33 bits per heavy atom. The molecule has 0 aliphatic carbocycles. The van der Waals surface area contributed by atoms with Crippen molar-refractivity contribution in [2.75, 3.05) is 11.9 Å². The summed E-state index contributed by atoms with van der Waals surface area (Å²) in [7, 11) is 0. The molecule has 1 N–H and O–H groups in total. The Labute approximate surface area is 172 Å². The first-order valence-electron chi connectivity index (χ1n) is 8.56. The molecular formula is C19H14ClF5N4O. The van der Waals surface area contributed by atoms with E-state index in [0.717, 1.165) is 24.0 Å². The monoisotopic (exact) mass is 444 g/mol. The van der Waals surface area contributed by atoms with E-state index in [1.807, 2.05) is 0 Å². The summed E-state index contributed by atoms with van der Waals surface area (Å²) < 4.78 is 68.6. The molecule has 5 nitrogen and oxygen atoms in total. The van der Waals surface area contributed by atoms with Gasteiger partial charge in [-0.15, -0.1) is 0 Å². The first-order valence-corrected chi connectivity index (χ1v) is 8.94. The summed E-state index contributed by atoms with van der Waals surface area (Å²) in [6, 6.07) is 8.82. The Balaban J connectivity index is 1.54. The Morgan fingerprint density at radius 2 is 1.73 bits per heavy atom. The number of anilines is 1. The second-order valence-electron chi connectivity index (χ2n) is 6.03. The molecule has 3 rings (SSSR count). The van der Waals surface area contributed by atoms with E-state index in [-0.39, 0.29) is 16.7 Å². The highest BCUT2D eigenvalue weighted by molar-refractivity contribution is 6.33. The van der Waals surface area contributed by atoms with Crippen molar-refractivity contribution in [3.8, 4) is 11.6 Å². The molecule has 0 atom stereocenters. The van der Waals surface area contributed by atoms with Gasteiger partial charge < -0.3 is 10.1 Å². The maximum Gasteiger partial charge on any atom is 0.417 e. The maximum absolute atomic E-state index is 12.8. The lowest BCUT2D eigenvalue weighted by molar-refractivity contribution is -0.137. The van der Waals surface area contributed by atoms with Crippen molar-refractivity contribution in [1.29, 1.82) is 0 Å². The molecular weight excluding hydrogens is 431 g/mol. The predicted molar refractivity (Wildman–Crippen MR) is 99.9 cm³/mol. The number of alkyl halides is 5. The second-order valence-corrected chi connectivity index (χ2v) is 6.41. The molecule has 0 bridgehead atoms. The number of nitrogens with zero attached hydrogens (tertiary/aromatic N) is 3.